The van der Waals surface area contributed by atoms with Gasteiger partial charge in [-0.2, -0.15) is 11.3 Å². The van der Waals surface area contributed by atoms with Crippen LogP contribution in [0.4, 0.5) is 0 Å². The van der Waals surface area contributed by atoms with E-state index in [2.05, 4.69) is 41.5 Å². The molecule has 1 fully saturated rings. The van der Waals surface area contributed by atoms with Crippen LogP contribution >= 0.6 is 0 Å². The molecule has 3 atom stereocenters. The molecule has 75 valence electrons. The molecule has 0 aromatic heterocycles. The molecular weight excluding hydrogens is 233 g/mol. The molecule has 0 heterocycles. The van der Waals surface area contributed by atoms with E-state index in [4.69, 9.17) is 0 Å². The first kappa shape index (κ1) is 14.1. The smallest absolute Gasteiger partial charge is 0 e. The fourth-order valence-corrected chi connectivity index (χ4v) is 2.80. The van der Waals surface area contributed by atoms with Crippen LogP contribution in [0, 0.1) is 36.5 Å². The standard InChI is InChI=1S/C12H22.Y/c1-9(2)7-12(6)10(3)8-11(12,4)5;/h9-10H,1,6-8H2,2-5H3;/q-2;. The van der Waals surface area contributed by atoms with E-state index in [1.54, 1.807) is 0 Å². The van der Waals surface area contributed by atoms with Crippen LogP contribution in [-0.4, -0.2) is 0 Å². The summed E-state index contributed by atoms with van der Waals surface area (Å²) in [4.78, 5) is 0. The van der Waals surface area contributed by atoms with Crippen molar-refractivity contribution in [1.29, 1.82) is 0 Å². The maximum absolute atomic E-state index is 4.41. The van der Waals surface area contributed by atoms with Crippen LogP contribution in [-0.2, 0) is 32.7 Å². The van der Waals surface area contributed by atoms with Gasteiger partial charge in [0.25, 0.3) is 0 Å². The van der Waals surface area contributed by atoms with Crippen LogP contribution < -0.4 is 0 Å². The number of hydrogen-bond donors (Lipinski definition) is 0. The van der Waals surface area contributed by atoms with Crippen LogP contribution in [0.1, 0.15) is 40.5 Å². The Kier molecular flexibility index (Phi) is 4.68. The molecule has 0 nitrogen and oxygen atoms in total. The minimum absolute atomic E-state index is 0. The summed E-state index contributed by atoms with van der Waals surface area (Å²) in [6, 6.07) is 0. The van der Waals surface area contributed by atoms with Crippen molar-refractivity contribution in [3.05, 3.63) is 13.8 Å². The molecule has 1 aliphatic carbocycles. The van der Waals surface area contributed by atoms with Gasteiger partial charge in [-0.15, -0.1) is 0 Å². The second-order valence-corrected chi connectivity index (χ2v) is 5.45. The van der Waals surface area contributed by atoms with Gasteiger partial charge in [-0.25, -0.2) is 0 Å². The Morgan fingerprint density at radius 1 is 1.46 bits per heavy atom. The van der Waals surface area contributed by atoms with Gasteiger partial charge in [0.2, 0.25) is 0 Å². The van der Waals surface area contributed by atoms with Crippen LogP contribution in [0.2, 0.25) is 0 Å². The molecule has 0 spiro atoms. The fraction of sp³-hybridized carbons (Fsp3) is 0.833. The van der Waals surface area contributed by atoms with Gasteiger partial charge in [0.15, 0.2) is 0 Å². The van der Waals surface area contributed by atoms with E-state index in [0.717, 1.165) is 5.92 Å². The first-order chi connectivity index (χ1) is 5.29. The summed E-state index contributed by atoms with van der Waals surface area (Å²) in [6.07, 6.45) is 2.49. The zero-order valence-corrected chi connectivity index (χ0v) is 12.4. The molecule has 0 aliphatic heterocycles. The molecule has 1 saturated carbocycles. The third-order valence-electron chi connectivity index (χ3n) is 3.82. The van der Waals surface area contributed by atoms with E-state index in [-0.39, 0.29) is 38.1 Å². The first-order valence-corrected chi connectivity index (χ1v) is 4.98. The van der Waals surface area contributed by atoms with Crippen molar-refractivity contribution in [3.8, 4) is 0 Å². The Labute approximate surface area is 109 Å². The minimum Gasteiger partial charge on any atom is -0.341 e. The largest absolute Gasteiger partial charge is 0.341 e. The fourth-order valence-electron chi connectivity index (χ4n) is 2.80. The SMILES string of the molecule is [CH2-]C(C)CC1([CH2-])C(C)CC1(C)C.[Y]. The number of hydrogen-bond acceptors (Lipinski definition) is 0. The third kappa shape index (κ3) is 2.37. The quantitative estimate of drug-likeness (QED) is 0.659. The molecule has 3 unspecified atom stereocenters. The summed E-state index contributed by atoms with van der Waals surface area (Å²) in [5.41, 5.74) is 0.715. The van der Waals surface area contributed by atoms with Gasteiger partial charge in [0.05, 0.1) is 0 Å². The maximum Gasteiger partial charge on any atom is 0 e. The molecular formula is C12H22Y-2. The summed E-state index contributed by atoms with van der Waals surface area (Å²) < 4.78 is 0. The molecule has 1 rings (SSSR count). The molecule has 1 aliphatic rings. The van der Waals surface area contributed by atoms with Crippen LogP contribution in [0.15, 0.2) is 0 Å². The molecule has 0 aromatic carbocycles. The van der Waals surface area contributed by atoms with E-state index in [9.17, 15) is 0 Å². The van der Waals surface area contributed by atoms with Gasteiger partial charge in [0.1, 0.15) is 0 Å². The van der Waals surface area contributed by atoms with Crippen LogP contribution in [0.5, 0.6) is 0 Å². The predicted molar refractivity (Wildman–Crippen MR) is 54.5 cm³/mol. The molecule has 0 aromatic rings. The molecule has 0 saturated heterocycles. The molecule has 0 amide bonds. The monoisotopic (exact) mass is 255 g/mol. The summed E-state index contributed by atoms with van der Waals surface area (Å²) in [5.74, 6) is 1.31. The Morgan fingerprint density at radius 2 is 1.92 bits per heavy atom. The molecule has 0 bridgehead atoms. The van der Waals surface area contributed by atoms with Crippen LogP contribution in [0.25, 0.3) is 0 Å². The summed E-state index contributed by atoms with van der Waals surface area (Å²) in [6.45, 7) is 17.7. The average molecular weight is 255 g/mol. The van der Waals surface area contributed by atoms with Gasteiger partial charge in [-0.3, -0.25) is 0 Å². The Hall–Kier alpha value is 1.10. The predicted octanol–water partition coefficient (Wildman–Crippen LogP) is 3.73. The molecule has 0 N–H and O–H groups in total. The van der Waals surface area contributed by atoms with Crippen molar-refractivity contribution < 1.29 is 32.7 Å². The van der Waals surface area contributed by atoms with Crippen molar-refractivity contribution in [2.24, 2.45) is 22.7 Å². The second-order valence-electron chi connectivity index (χ2n) is 5.45. The van der Waals surface area contributed by atoms with E-state index in [0.29, 0.717) is 11.3 Å². The van der Waals surface area contributed by atoms with Gasteiger partial charge in [-0.1, -0.05) is 45.4 Å². The third-order valence-corrected chi connectivity index (χ3v) is 3.82. The van der Waals surface area contributed by atoms with Gasteiger partial charge in [-0.05, 0) is 6.42 Å². The second kappa shape index (κ2) is 4.31. The topological polar surface area (TPSA) is 0 Å². The normalized spacial score (nSPS) is 38.8. The van der Waals surface area contributed by atoms with E-state index in [1.807, 2.05) is 0 Å². The number of rotatable bonds is 2. The van der Waals surface area contributed by atoms with Crippen molar-refractivity contribution >= 4 is 0 Å². The summed E-state index contributed by atoms with van der Waals surface area (Å²) in [5, 5.41) is 0. The first-order valence-electron chi connectivity index (χ1n) is 4.98. The van der Waals surface area contributed by atoms with E-state index in [1.165, 1.54) is 12.8 Å². The maximum atomic E-state index is 4.41. The average Bonchev–Trinajstić information content (AvgIpc) is 1.85. The van der Waals surface area contributed by atoms with Crippen molar-refractivity contribution in [2.45, 2.75) is 40.5 Å². The zero-order valence-electron chi connectivity index (χ0n) is 9.56. The Bertz CT molecular complexity index is 172. The Morgan fingerprint density at radius 3 is 2.08 bits per heavy atom. The van der Waals surface area contributed by atoms with Crippen molar-refractivity contribution in [1.82, 2.24) is 0 Å². The molecule has 1 radical (unpaired) electrons. The summed E-state index contributed by atoms with van der Waals surface area (Å²) >= 11 is 0. The van der Waals surface area contributed by atoms with E-state index < -0.39 is 0 Å². The summed E-state index contributed by atoms with van der Waals surface area (Å²) in [7, 11) is 0. The van der Waals surface area contributed by atoms with Gasteiger partial charge in [0, 0.05) is 32.7 Å². The Balaban J connectivity index is 0.00000144. The van der Waals surface area contributed by atoms with Gasteiger partial charge < -0.3 is 13.8 Å². The van der Waals surface area contributed by atoms with Gasteiger partial charge >= 0.3 is 0 Å². The van der Waals surface area contributed by atoms with Crippen molar-refractivity contribution in [2.75, 3.05) is 0 Å². The molecule has 1 heteroatoms. The van der Waals surface area contributed by atoms with Crippen molar-refractivity contribution in [3.63, 3.8) is 0 Å². The van der Waals surface area contributed by atoms with E-state index >= 15 is 0 Å². The molecule has 13 heavy (non-hydrogen) atoms. The van der Waals surface area contributed by atoms with Crippen LogP contribution in [0.3, 0.4) is 0 Å². The minimum atomic E-state index is 0. The zero-order chi connectivity index (χ0) is 9.57.